The number of hydrogen-bond donors (Lipinski definition) is 1. The topological polar surface area (TPSA) is 55.8 Å². The van der Waals surface area contributed by atoms with Crippen LogP contribution in [0.4, 0.5) is 0 Å². The van der Waals surface area contributed by atoms with Crippen molar-refractivity contribution in [3.8, 4) is 11.5 Å². The highest BCUT2D eigenvalue weighted by atomic mass is 79.9. The molecule has 4 nitrogen and oxygen atoms in total. The molecule has 96 valence electrons. The maximum Gasteiger partial charge on any atom is 0.314 e. The smallest absolute Gasteiger partial charge is 0.314 e. The molecule has 0 atom stereocenters. The third-order valence-electron chi connectivity index (χ3n) is 3.95. The summed E-state index contributed by atoms with van der Waals surface area (Å²) < 4.78 is 11.7. The summed E-state index contributed by atoms with van der Waals surface area (Å²) in [5, 5.41) is 9.57. The summed E-state index contributed by atoms with van der Waals surface area (Å²) in [6, 6.07) is 1.84. The van der Waals surface area contributed by atoms with E-state index in [1.165, 1.54) is 0 Å². The van der Waals surface area contributed by atoms with Crippen molar-refractivity contribution in [3.05, 3.63) is 21.7 Å². The lowest BCUT2D eigenvalue weighted by atomic mass is 9.63. The minimum absolute atomic E-state index is 0.161. The molecule has 1 fully saturated rings. The van der Waals surface area contributed by atoms with Gasteiger partial charge in [0.25, 0.3) is 0 Å². The Morgan fingerprint density at radius 2 is 2.17 bits per heavy atom. The van der Waals surface area contributed by atoms with Crippen LogP contribution in [0, 0.1) is 6.92 Å². The van der Waals surface area contributed by atoms with Crippen LogP contribution in [0.1, 0.15) is 30.4 Å². The van der Waals surface area contributed by atoms with E-state index < -0.39 is 11.4 Å². The SMILES string of the molecule is Cc1c(Br)cc2c(c1C1(C(=O)O)CCC1)OCO2. The second-order valence-electron chi connectivity index (χ2n) is 4.83. The fraction of sp³-hybridized carbons (Fsp3) is 0.462. The molecule has 18 heavy (non-hydrogen) atoms. The molecule has 1 heterocycles. The van der Waals surface area contributed by atoms with Gasteiger partial charge in [0.1, 0.15) is 0 Å². The second-order valence-corrected chi connectivity index (χ2v) is 5.69. The fourth-order valence-corrected chi connectivity index (χ4v) is 3.19. The molecule has 0 saturated heterocycles. The van der Waals surface area contributed by atoms with Gasteiger partial charge in [0.15, 0.2) is 11.5 Å². The van der Waals surface area contributed by atoms with Crippen LogP contribution in [-0.2, 0) is 10.2 Å². The maximum atomic E-state index is 11.7. The molecular weight excluding hydrogens is 300 g/mol. The minimum Gasteiger partial charge on any atom is -0.481 e. The number of benzene rings is 1. The van der Waals surface area contributed by atoms with Crippen LogP contribution in [0.3, 0.4) is 0 Å². The van der Waals surface area contributed by atoms with Gasteiger partial charge in [0.2, 0.25) is 6.79 Å². The molecule has 1 aromatic carbocycles. The zero-order valence-corrected chi connectivity index (χ0v) is 11.5. The van der Waals surface area contributed by atoms with Crippen LogP contribution in [-0.4, -0.2) is 17.9 Å². The molecule has 3 rings (SSSR count). The molecular formula is C13H13BrO4. The van der Waals surface area contributed by atoms with E-state index in [4.69, 9.17) is 9.47 Å². The van der Waals surface area contributed by atoms with Crippen LogP contribution in [0.2, 0.25) is 0 Å². The zero-order chi connectivity index (χ0) is 12.9. The number of carboxylic acid groups (broad SMARTS) is 1. The number of carbonyl (C=O) groups is 1. The van der Waals surface area contributed by atoms with Crippen molar-refractivity contribution in [1.29, 1.82) is 0 Å². The van der Waals surface area contributed by atoms with Crippen LogP contribution in [0.25, 0.3) is 0 Å². The van der Waals surface area contributed by atoms with Gasteiger partial charge in [-0.1, -0.05) is 22.4 Å². The van der Waals surface area contributed by atoms with E-state index in [0.717, 1.165) is 22.0 Å². The molecule has 1 aromatic rings. The lowest BCUT2D eigenvalue weighted by molar-refractivity contribution is -0.147. The molecule has 0 unspecified atom stereocenters. The average Bonchev–Trinajstić information content (AvgIpc) is 2.68. The number of rotatable bonds is 2. The molecule has 0 radical (unpaired) electrons. The van der Waals surface area contributed by atoms with E-state index in [-0.39, 0.29) is 6.79 Å². The van der Waals surface area contributed by atoms with Crippen LogP contribution < -0.4 is 9.47 Å². The first kappa shape index (κ1) is 11.8. The fourth-order valence-electron chi connectivity index (χ4n) is 2.78. The summed E-state index contributed by atoms with van der Waals surface area (Å²) in [6.07, 6.45) is 2.26. The summed E-state index contributed by atoms with van der Waals surface area (Å²) in [5.74, 6) is 0.473. The molecule has 0 aromatic heterocycles. The Kier molecular flexibility index (Phi) is 2.55. The predicted molar refractivity (Wildman–Crippen MR) is 68.2 cm³/mol. The average molecular weight is 313 g/mol. The molecule has 1 saturated carbocycles. The molecule has 5 heteroatoms. The third kappa shape index (κ3) is 1.40. The highest BCUT2D eigenvalue weighted by Crippen LogP contribution is 2.53. The van der Waals surface area contributed by atoms with Gasteiger partial charge in [-0.05, 0) is 31.4 Å². The van der Waals surface area contributed by atoms with E-state index in [1.807, 2.05) is 13.0 Å². The monoisotopic (exact) mass is 312 g/mol. The van der Waals surface area contributed by atoms with Gasteiger partial charge >= 0.3 is 5.97 Å². The minimum atomic E-state index is -0.800. The van der Waals surface area contributed by atoms with Gasteiger partial charge in [-0.25, -0.2) is 0 Å². The van der Waals surface area contributed by atoms with Gasteiger partial charge in [-0.2, -0.15) is 0 Å². The second kappa shape index (κ2) is 3.88. The van der Waals surface area contributed by atoms with E-state index in [1.54, 1.807) is 0 Å². The number of ether oxygens (including phenoxy) is 2. The van der Waals surface area contributed by atoms with Crippen LogP contribution >= 0.6 is 15.9 Å². The number of halogens is 1. The molecule has 1 aliphatic carbocycles. The summed E-state index contributed by atoms with van der Waals surface area (Å²) in [4.78, 5) is 11.7. The molecule has 2 aliphatic rings. The van der Waals surface area contributed by atoms with Crippen LogP contribution in [0.5, 0.6) is 11.5 Å². The standard InChI is InChI=1S/C13H13BrO4/c1-7-8(14)5-9-11(18-6-17-9)10(7)13(12(15)16)3-2-4-13/h5H,2-4,6H2,1H3,(H,15,16). The predicted octanol–water partition coefficient (Wildman–Crippen LogP) is 2.99. The van der Waals surface area contributed by atoms with E-state index in [2.05, 4.69) is 15.9 Å². The Hall–Kier alpha value is -1.23. The number of fused-ring (bicyclic) bond motifs is 1. The molecule has 1 aliphatic heterocycles. The first-order valence-electron chi connectivity index (χ1n) is 5.89. The van der Waals surface area contributed by atoms with Crippen molar-refractivity contribution in [2.24, 2.45) is 0 Å². The van der Waals surface area contributed by atoms with Crippen molar-refractivity contribution in [3.63, 3.8) is 0 Å². The molecule has 0 spiro atoms. The molecule has 0 bridgehead atoms. The largest absolute Gasteiger partial charge is 0.481 e. The summed E-state index contributed by atoms with van der Waals surface area (Å²) in [7, 11) is 0. The first-order valence-corrected chi connectivity index (χ1v) is 6.68. The Labute approximate surface area is 113 Å². The zero-order valence-electron chi connectivity index (χ0n) is 9.96. The number of carboxylic acids is 1. The lowest BCUT2D eigenvalue weighted by Gasteiger charge is -2.39. The summed E-state index contributed by atoms with van der Waals surface area (Å²) >= 11 is 3.47. The lowest BCUT2D eigenvalue weighted by Crippen LogP contribution is -2.43. The first-order chi connectivity index (χ1) is 8.56. The Balaban J connectivity index is 2.25. The normalized spacial score (nSPS) is 19.4. The van der Waals surface area contributed by atoms with Gasteiger partial charge in [0.05, 0.1) is 5.41 Å². The molecule has 0 amide bonds. The van der Waals surface area contributed by atoms with Gasteiger partial charge in [-0.15, -0.1) is 0 Å². The van der Waals surface area contributed by atoms with Gasteiger partial charge in [-0.3, -0.25) is 4.79 Å². The van der Waals surface area contributed by atoms with E-state index >= 15 is 0 Å². The quantitative estimate of drug-likeness (QED) is 0.912. The highest BCUT2D eigenvalue weighted by molar-refractivity contribution is 9.10. The number of hydrogen-bond acceptors (Lipinski definition) is 3. The van der Waals surface area contributed by atoms with E-state index in [9.17, 15) is 9.90 Å². The Bertz CT molecular complexity index is 534. The number of aliphatic carboxylic acids is 1. The van der Waals surface area contributed by atoms with Crippen molar-refractivity contribution in [2.45, 2.75) is 31.6 Å². The van der Waals surface area contributed by atoms with Gasteiger partial charge < -0.3 is 14.6 Å². The van der Waals surface area contributed by atoms with Crippen molar-refractivity contribution < 1.29 is 19.4 Å². The third-order valence-corrected chi connectivity index (χ3v) is 4.78. The van der Waals surface area contributed by atoms with Crippen molar-refractivity contribution in [2.75, 3.05) is 6.79 Å². The van der Waals surface area contributed by atoms with E-state index in [0.29, 0.717) is 24.3 Å². The highest BCUT2D eigenvalue weighted by Gasteiger charge is 2.50. The van der Waals surface area contributed by atoms with Gasteiger partial charge in [0, 0.05) is 10.0 Å². The maximum absolute atomic E-state index is 11.7. The Morgan fingerprint density at radius 1 is 1.44 bits per heavy atom. The van der Waals surface area contributed by atoms with Crippen LogP contribution in [0.15, 0.2) is 10.5 Å². The molecule has 1 N–H and O–H groups in total. The van der Waals surface area contributed by atoms with Crippen molar-refractivity contribution >= 4 is 21.9 Å². The summed E-state index contributed by atoms with van der Waals surface area (Å²) in [6.45, 7) is 2.08. The Morgan fingerprint density at radius 3 is 2.72 bits per heavy atom. The summed E-state index contributed by atoms with van der Waals surface area (Å²) in [5.41, 5.74) is 0.913. The van der Waals surface area contributed by atoms with Crippen molar-refractivity contribution in [1.82, 2.24) is 0 Å².